The van der Waals surface area contributed by atoms with Crippen LogP contribution in [0.3, 0.4) is 0 Å². The van der Waals surface area contributed by atoms with Gasteiger partial charge in [0.15, 0.2) is 0 Å². The van der Waals surface area contributed by atoms with Gasteiger partial charge in [-0.05, 0) is 24.8 Å². The van der Waals surface area contributed by atoms with Crippen molar-refractivity contribution in [2.75, 3.05) is 19.3 Å². The molecular formula is C15H21NO5S. The zero-order valence-electron chi connectivity index (χ0n) is 12.6. The van der Waals surface area contributed by atoms with Crippen molar-refractivity contribution >= 4 is 16.2 Å². The Bertz CT molecular complexity index is 587. The number of amides is 1. The number of nitrogens with zero attached hydrogens (tertiary/aromatic N) is 1. The minimum absolute atomic E-state index is 0.236. The second-order valence-electron chi connectivity index (χ2n) is 5.38. The van der Waals surface area contributed by atoms with Crippen LogP contribution in [0.4, 0.5) is 4.79 Å². The lowest BCUT2D eigenvalue weighted by atomic mass is 10.2. The quantitative estimate of drug-likeness (QED) is 0.792. The normalized spacial score (nSPS) is 19.5. The summed E-state index contributed by atoms with van der Waals surface area (Å²) < 4.78 is 32.6. The Morgan fingerprint density at radius 2 is 1.95 bits per heavy atom. The Morgan fingerprint density at radius 1 is 1.23 bits per heavy atom. The van der Waals surface area contributed by atoms with Crippen LogP contribution in [-0.4, -0.2) is 44.9 Å². The topological polar surface area (TPSA) is 72.9 Å². The predicted octanol–water partition coefficient (Wildman–Crippen LogP) is 2.15. The average Bonchev–Trinajstić information content (AvgIpc) is 2.70. The molecule has 6 nitrogen and oxygen atoms in total. The van der Waals surface area contributed by atoms with Crippen molar-refractivity contribution < 1.29 is 22.1 Å². The van der Waals surface area contributed by atoms with Gasteiger partial charge in [-0.15, -0.1) is 0 Å². The molecule has 7 heteroatoms. The molecule has 0 radical (unpaired) electrons. The lowest BCUT2D eigenvalue weighted by Crippen LogP contribution is -2.32. The monoisotopic (exact) mass is 327 g/mol. The van der Waals surface area contributed by atoms with Crippen LogP contribution >= 0.6 is 0 Å². The largest absolute Gasteiger partial charge is 0.445 e. The second-order valence-corrected chi connectivity index (χ2v) is 6.98. The summed E-state index contributed by atoms with van der Waals surface area (Å²) in [6.07, 6.45) is 2.12. The van der Waals surface area contributed by atoms with E-state index in [2.05, 4.69) is 0 Å². The number of benzene rings is 1. The highest BCUT2D eigenvalue weighted by Gasteiger charge is 2.24. The second kappa shape index (κ2) is 7.60. The van der Waals surface area contributed by atoms with Gasteiger partial charge in [-0.2, -0.15) is 8.42 Å². The van der Waals surface area contributed by atoms with Crippen LogP contribution in [0.25, 0.3) is 0 Å². The first-order valence-electron chi connectivity index (χ1n) is 7.28. The maximum Gasteiger partial charge on any atom is 0.410 e. The van der Waals surface area contributed by atoms with Crippen molar-refractivity contribution in [3.8, 4) is 0 Å². The molecule has 0 spiro atoms. The van der Waals surface area contributed by atoms with E-state index < -0.39 is 10.1 Å². The smallest absolute Gasteiger partial charge is 0.410 e. The molecular weight excluding hydrogens is 306 g/mol. The Morgan fingerprint density at radius 3 is 2.64 bits per heavy atom. The molecule has 122 valence electrons. The summed E-state index contributed by atoms with van der Waals surface area (Å²) in [6, 6.07) is 9.48. The lowest BCUT2D eigenvalue weighted by Gasteiger charge is -2.20. The van der Waals surface area contributed by atoms with Crippen molar-refractivity contribution in [2.45, 2.75) is 32.0 Å². The SMILES string of the molecule is CS(=O)(=O)OC1CCCN(C(=O)OCc2ccccc2)CC1. The number of carbonyl (C=O) groups is 1. The Labute approximate surface area is 131 Å². The van der Waals surface area contributed by atoms with Crippen LogP contribution in [0.1, 0.15) is 24.8 Å². The Balaban J connectivity index is 1.81. The molecule has 0 bridgehead atoms. The molecule has 1 aromatic rings. The molecule has 0 saturated carbocycles. The highest BCUT2D eigenvalue weighted by atomic mass is 32.2. The Hall–Kier alpha value is -1.60. The first kappa shape index (κ1) is 16.8. The van der Waals surface area contributed by atoms with Gasteiger partial charge in [-0.25, -0.2) is 4.79 Å². The molecule has 22 heavy (non-hydrogen) atoms. The summed E-state index contributed by atoms with van der Waals surface area (Å²) in [5, 5.41) is 0. The predicted molar refractivity (Wildman–Crippen MR) is 81.8 cm³/mol. The molecule has 1 atom stereocenters. The summed E-state index contributed by atoms with van der Waals surface area (Å²) in [6.45, 7) is 1.23. The van der Waals surface area contributed by atoms with E-state index in [4.69, 9.17) is 8.92 Å². The molecule has 1 amide bonds. The molecule has 0 aliphatic carbocycles. The van der Waals surface area contributed by atoms with Crippen LogP contribution in [0, 0.1) is 0 Å². The third-order valence-electron chi connectivity index (χ3n) is 3.45. The summed E-state index contributed by atoms with van der Waals surface area (Å²) in [7, 11) is -3.46. The standard InChI is InChI=1S/C15H21NO5S/c1-22(18,19)21-14-8-5-10-16(11-9-14)15(17)20-12-13-6-3-2-4-7-13/h2-4,6-7,14H,5,8-12H2,1H3. The van der Waals surface area contributed by atoms with Gasteiger partial charge < -0.3 is 9.64 Å². The fourth-order valence-corrected chi connectivity index (χ4v) is 3.09. The molecule has 0 aromatic heterocycles. The van der Waals surface area contributed by atoms with E-state index in [0.29, 0.717) is 32.4 Å². The number of hydrogen-bond acceptors (Lipinski definition) is 5. The van der Waals surface area contributed by atoms with Gasteiger partial charge in [0.2, 0.25) is 0 Å². The molecule has 1 heterocycles. The van der Waals surface area contributed by atoms with Crippen LogP contribution in [0.2, 0.25) is 0 Å². The first-order chi connectivity index (χ1) is 10.4. The lowest BCUT2D eigenvalue weighted by molar-refractivity contribution is 0.0960. The van der Waals surface area contributed by atoms with E-state index in [-0.39, 0.29) is 18.8 Å². The fourth-order valence-electron chi connectivity index (χ4n) is 2.40. The van der Waals surface area contributed by atoms with E-state index in [1.807, 2.05) is 30.3 Å². The summed E-state index contributed by atoms with van der Waals surface area (Å²) in [5.74, 6) is 0. The van der Waals surface area contributed by atoms with E-state index in [1.54, 1.807) is 4.90 Å². The van der Waals surface area contributed by atoms with Crippen LogP contribution in [0.5, 0.6) is 0 Å². The highest BCUT2D eigenvalue weighted by molar-refractivity contribution is 7.86. The van der Waals surface area contributed by atoms with E-state index in [1.165, 1.54) is 0 Å². The zero-order chi connectivity index (χ0) is 16.0. The van der Waals surface area contributed by atoms with Gasteiger partial charge in [-0.1, -0.05) is 30.3 Å². The van der Waals surface area contributed by atoms with Crippen molar-refractivity contribution in [3.63, 3.8) is 0 Å². The Kier molecular flexibility index (Phi) is 5.79. The summed E-state index contributed by atoms with van der Waals surface area (Å²) >= 11 is 0. The number of carbonyl (C=O) groups excluding carboxylic acids is 1. The molecule has 0 N–H and O–H groups in total. The maximum atomic E-state index is 12.1. The number of hydrogen-bond donors (Lipinski definition) is 0. The zero-order valence-corrected chi connectivity index (χ0v) is 13.4. The molecule has 1 unspecified atom stereocenters. The number of likely N-dealkylation sites (tertiary alicyclic amines) is 1. The maximum absolute atomic E-state index is 12.1. The van der Waals surface area contributed by atoms with Gasteiger partial charge in [0, 0.05) is 13.1 Å². The third kappa shape index (κ3) is 5.65. The molecule has 1 saturated heterocycles. The minimum Gasteiger partial charge on any atom is -0.445 e. The fraction of sp³-hybridized carbons (Fsp3) is 0.533. The van der Waals surface area contributed by atoms with Gasteiger partial charge in [0.25, 0.3) is 10.1 Å². The third-order valence-corrected chi connectivity index (χ3v) is 4.07. The van der Waals surface area contributed by atoms with Crippen molar-refractivity contribution in [1.82, 2.24) is 4.90 Å². The van der Waals surface area contributed by atoms with Gasteiger partial charge in [0.1, 0.15) is 6.61 Å². The van der Waals surface area contributed by atoms with E-state index in [0.717, 1.165) is 11.8 Å². The van der Waals surface area contributed by atoms with E-state index in [9.17, 15) is 13.2 Å². The van der Waals surface area contributed by atoms with Gasteiger partial charge in [-0.3, -0.25) is 4.18 Å². The molecule has 1 aromatic carbocycles. The highest BCUT2D eigenvalue weighted by Crippen LogP contribution is 2.17. The van der Waals surface area contributed by atoms with Crippen LogP contribution < -0.4 is 0 Å². The van der Waals surface area contributed by atoms with Gasteiger partial charge >= 0.3 is 6.09 Å². The van der Waals surface area contributed by atoms with Crippen LogP contribution in [-0.2, 0) is 25.6 Å². The van der Waals surface area contributed by atoms with Crippen molar-refractivity contribution in [3.05, 3.63) is 35.9 Å². The minimum atomic E-state index is -3.46. The van der Waals surface area contributed by atoms with Crippen LogP contribution in [0.15, 0.2) is 30.3 Å². The number of rotatable bonds is 4. The summed E-state index contributed by atoms with van der Waals surface area (Å²) in [4.78, 5) is 13.7. The van der Waals surface area contributed by atoms with Gasteiger partial charge in [0.05, 0.1) is 12.4 Å². The molecule has 1 aliphatic rings. The number of ether oxygens (including phenoxy) is 1. The van der Waals surface area contributed by atoms with E-state index >= 15 is 0 Å². The average molecular weight is 327 g/mol. The summed E-state index contributed by atoms with van der Waals surface area (Å²) in [5.41, 5.74) is 0.934. The molecule has 1 aliphatic heterocycles. The van der Waals surface area contributed by atoms with Crippen molar-refractivity contribution in [1.29, 1.82) is 0 Å². The first-order valence-corrected chi connectivity index (χ1v) is 9.09. The molecule has 1 fully saturated rings. The molecule has 2 rings (SSSR count). The van der Waals surface area contributed by atoms with Crippen molar-refractivity contribution in [2.24, 2.45) is 0 Å².